The number of para-hydroxylation sites is 1. The van der Waals surface area contributed by atoms with Gasteiger partial charge in [-0.1, -0.05) is 44.4 Å². The van der Waals surface area contributed by atoms with E-state index >= 15 is 0 Å². The topological polar surface area (TPSA) is 72.2 Å². The molecule has 1 fully saturated rings. The zero-order chi connectivity index (χ0) is 14.6. The van der Waals surface area contributed by atoms with Crippen LogP contribution in [0, 0.1) is 5.92 Å². The molecule has 1 aromatic carbocycles. The van der Waals surface area contributed by atoms with Gasteiger partial charge in [-0.2, -0.15) is 0 Å². The third-order valence-electron chi connectivity index (χ3n) is 4.11. The minimum Gasteiger partial charge on any atom is -0.398 e. The highest BCUT2D eigenvalue weighted by Gasteiger charge is 2.25. The van der Waals surface area contributed by atoms with Crippen LogP contribution in [-0.2, 0) is 15.8 Å². The number of nitrogens with two attached hydrogens (primary N) is 1. The Morgan fingerprint density at radius 3 is 2.75 bits per heavy atom. The highest BCUT2D eigenvalue weighted by molar-refractivity contribution is 7.88. The first-order chi connectivity index (χ1) is 9.50. The summed E-state index contributed by atoms with van der Waals surface area (Å²) in [7, 11) is -3.32. The summed E-state index contributed by atoms with van der Waals surface area (Å²) in [6.45, 7) is 2.17. The zero-order valence-corrected chi connectivity index (χ0v) is 12.8. The Labute approximate surface area is 121 Å². The van der Waals surface area contributed by atoms with E-state index in [0.29, 0.717) is 17.2 Å². The third kappa shape index (κ3) is 4.21. The van der Waals surface area contributed by atoms with Gasteiger partial charge in [0.15, 0.2) is 0 Å². The molecule has 0 aromatic heterocycles. The van der Waals surface area contributed by atoms with Crippen LogP contribution >= 0.6 is 0 Å². The standard InChI is InChI=1S/C15H24N2O2S/c1-2-12-6-5-8-14(10-12)17-20(18,19)11-13-7-3-4-9-15(13)16/h3-4,7,9,12,14,17H,2,5-6,8,10-11,16H2,1H3. The molecule has 0 aliphatic heterocycles. The van der Waals surface area contributed by atoms with Gasteiger partial charge in [0.1, 0.15) is 0 Å². The smallest absolute Gasteiger partial charge is 0.216 e. The molecule has 0 amide bonds. The van der Waals surface area contributed by atoms with Crippen LogP contribution in [0.2, 0.25) is 0 Å². The molecule has 0 bridgehead atoms. The van der Waals surface area contributed by atoms with Crippen LogP contribution in [0.4, 0.5) is 5.69 Å². The minimum atomic E-state index is -3.32. The Hall–Kier alpha value is -1.07. The van der Waals surface area contributed by atoms with Crippen molar-refractivity contribution in [2.75, 3.05) is 5.73 Å². The second-order valence-corrected chi connectivity index (χ2v) is 7.47. The number of rotatable bonds is 5. The molecule has 4 nitrogen and oxygen atoms in total. The summed E-state index contributed by atoms with van der Waals surface area (Å²) < 4.78 is 27.3. The van der Waals surface area contributed by atoms with Crippen molar-refractivity contribution in [3.05, 3.63) is 29.8 Å². The Bertz CT molecular complexity index is 543. The van der Waals surface area contributed by atoms with E-state index in [1.807, 2.05) is 12.1 Å². The lowest BCUT2D eigenvalue weighted by Gasteiger charge is -2.28. The molecule has 1 aliphatic rings. The molecular weight excluding hydrogens is 272 g/mol. The normalized spacial score (nSPS) is 23.6. The molecule has 20 heavy (non-hydrogen) atoms. The lowest BCUT2D eigenvalue weighted by Crippen LogP contribution is -2.39. The van der Waals surface area contributed by atoms with Gasteiger partial charge in [-0.15, -0.1) is 0 Å². The van der Waals surface area contributed by atoms with Gasteiger partial charge in [0, 0.05) is 11.7 Å². The molecule has 3 N–H and O–H groups in total. The highest BCUT2D eigenvalue weighted by atomic mass is 32.2. The largest absolute Gasteiger partial charge is 0.398 e. The molecule has 1 saturated carbocycles. The second kappa shape index (κ2) is 6.59. The number of hydrogen-bond donors (Lipinski definition) is 2. The summed E-state index contributed by atoms with van der Waals surface area (Å²) >= 11 is 0. The average molecular weight is 296 g/mol. The van der Waals surface area contributed by atoms with Gasteiger partial charge in [-0.25, -0.2) is 13.1 Å². The number of nitrogens with one attached hydrogen (secondary N) is 1. The molecule has 0 heterocycles. The lowest BCUT2D eigenvalue weighted by molar-refractivity contribution is 0.301. The first-order valence-electron chi connectivity index (χ1n) is 7.33. The molecule has 2 unspecified atom stereocenters. The van der Waals surface area contributed by atoms with E-state index in [0.717, 1.165) is 25.7 Å². The first kappa shape index (κ1) is 15.3. The van der Waals surface area contributed by atoms with Gasteiger partial charge < -0.3 is 5.73 Å². The van der Waals surface area contributed by atoms with Crippen LogP contribution in [0.1, 0.15) is 44.6 Å². The van der Waals surface area contributed by atoms with Crippen molar-refractivity contribution >= 4 is 15.7 Å². The summed E-state index contributed by atoms with van der Waals surface area (Å²) in [5, 5.41) is 0. The second-order valence-electron chi connectivity index (χ2n) is 5.71. The molecule has 0 radical (unpaired) electrons. The van der Waals surface area contributed by atoms with Crippen LogP contribution < -0.4 is 10.5 Å². The summed E-state index contributed by atoms with van der Waals surface area (Å²) in [5.41, 5.74) is 7.02. The van der Waals surface area contributed by atoms with Crippen molar-refractivity contribution in [1.82, 2.24) is 4.72 Å². The Morgan fingerprint density at radius 1 is 1.30 bits per heavy atom. The van der Waals surface area contributed by atoms with E-state index in [2.05, 4.69) is 11.6 Å². The van der Waals surface area contributed by atoms with E-state index in [9.17, 15) is 8.42 Å². The predicted octanol–water partition coefficient (Wildman–Crippen LogP) is 2.66. The number of benzene rings is 1. The van der Waals surface area contributed by atoms with Gasteiger partial charge >= 0.3 is 0 Å². The lowest BCUT2D eigenvalue weighted by atomic mass is 9.85. The molecule has 112 valence electrons. The van der Waals surface area contributed by atoms with Gasteiger partial charge in [-0.05, 0) is 30.4 Å². The summed E-state index contributed by atoms with van der Waals surface area (Å²) in [5.74, 6) is 0.616. The van der Waals surface area contributed by atoms with Crippen LogP contribution in [-0.4, -0.2) is 14.5 Å². The fourth-order valence-corrected chi connectivity index (χ4v) is 4.41. The molecule has 2 rings (SSSR count). The maximum absolute atomic E-state index is 12.2. The molecular formula is C15H24N2O2S. The molecule has 0 spiro atoms. The quantitative estimate of drug-likeness (QED) is 0.821. The van der Waals surface area contributed by atoms with E-state index in [1.54, 1.807) is 12.1 Å². The van der Waals surface area contributed by atoms with Crippen molar-refractivity contribution in [3.8, 4) is 0 Å². The monoisotopic (exact) mass is 296 g/mol. The predicted molar refractivity (Wildman–Crippen MR) is 82.7 cm³/mol. The van der Waals surface area contributed by atoms with Gasteiger partial charge in [0.2, 0.25) is 10.0 Å². The maximum Gasteiger partial charge on any atom is 0.216 e. The Morgan fingerprint density at radius 2 is 2.05 bits per heavy atom. The Kier molecular flexibility index (Phi) is 5.05. The van der Waals surface area contributed by atoms with Gasteiger partial charge in [-0.3, -0.25) is 0 Å². The van der Waals surface area contributed by atoms with Crippen LogP contribution in [0.5, 0.6) is 0 Å². The number of hydrogen-bond acceptors (Lipinski definition) is 3. The molecule has 5 heteroatoms. The van der Waals surface area contributed by atoms with Gasteiger partial charge in [0.25, 0.3) is 0 Å². The summed E-state index contributed by atoms with van der Waals surface area (Å²) in [6.07, 6.45) is 5.36. The van der Waals surface area contributed by atoms with Crippen molar-refractivity contribution in [2.45, 2.75) is 50.8 Å². The zero-order valence-electron chi connectivity index (χ0n) is 12.0. The van der Waals surface area contributed by atoms with Crippen molar-refractivity contribution in [2.24, 2.45) is 5.92 Å². The van der Waals surface area contributed by atoms with Crippen LogP contribution in [0.15, 0.2) is 24.3 Å². The fraction of sp³-hybridized carbons (Fsp3) is 0.600. The molecule has 1 aliphatic carbocycles. The van der Waals surface area contributed by atoms with E-state index in [4.69, 9.17) is 5.73 Å². The van der Waals surface area contributed by atoms with E-state index in [1.165, 1.54) is 6.42 Å². The Balaban J connectivity index is 1.99. The number of sulfonamides is 1. The fourth-order valence-electron chi connectivity index (χ4n) is 2.93. The molecule has 1 aromatic rings. The highest BCUT2D eigenvalue weighted by Crippen LogP contribution is 2.27. The van der Waals surface area contributed by atoms with Crippen LogP contribution in [0.25, 0.3) is 0 Å². The number of anilines is 1. The van der Waals surface area contributed by atoms with Crippen molar-refractivity contribution in [3.63, 3.8) is 0 Å². The van der Waals surface area contributed by atoms with E-state index in [-0.39, 0.29) is 11.8 Å². The average Bonchev–Trinajstić information content (AvgIpc) is 2.41. The summed E-state index contributed by atoms with van der Waals surface area (Å²) in [6, 6.07) is 7.22. The van der Waals surface area contributed by atoms with Crippen molar-refractivity contribution < 1.29 is 8.42 Å². The van der Waals surface area contributed by atoms with E-state index < -0.39 is 10.0 Å². The van der Waals surface area contributed by atoms with Gasteiger partial charge in [0.05, 0.1) is 5.75 Å². The minimum absolute atomic E-state index is 0.0348. The van der Waals surface area contributed by atoms with Crippen molar-refractivity contribution in [1.29, 1.82) is 0 Å². The summed E-state index contributed by atoms with van der Waals surface area (Å²) in [4.78, 5) is 0. The molecule has 0 saturated heterocycles. The maximum atomic E-state index is 12.2. The SMILES string of the molecule is CCC1CCCC(NS(=O)(=O)Cc2ccccc2N)C1. The van der Waals surface area contributed by atoms with Crippen LogP contribution in [0.3, 0.4) is 0 Å². The molecule has 2 atom stereocenters. The third-order valence-corrected chi connectivity index (χ3v) is 5.49. The number of nitrogen functional groups attached to an aromatic ring is 1. The first-order valence-corrected chi connectivity index (χ1v) is 8.99.